The van der Waals surface area contributed by atoms with Gasteiger partial charge in [-0.1, -0.05) is 36.6 Å². The van der Waals surface area contributed by atoms with E-state index in [1.54, 1.807) is 19.2 Å². The maximum atomic E-state index is 12.3. The summed E-state index contributed by atoms with van der Waals surface area (Å²) in [5.41, 5.74) is 0.0240. The molecule has 2 atom stereocenters. The number of hydrogen-bond acceptors (Lipinski definition) is 2. The molecule has 0 radical (unpaired) electrons. The fourth-order valence-electron chi connectivity index (χ4n) is 2.86. The van der Waals surface area contributed by atoms with Crippen LogP contribution in [-0.4, -0.2) is 24.2 Å². The van der Waals surface area contributed by atoms with Gasteiger partial charge in [-0.25, -0.2) is 0 Å². The molecule has 1 aliphatic carbocycles. The third-order valence-electron chi connectivity index (χ3n) is 3.86. The number of nitrogens with one attached hydrogen (secondary N) is 1. The van der Waals surface area contributed by atoms with Crippen LogP contribution in [0, 0.1) is 0 Å². The molecule has 1 fully saturated rings. The van der Waals surface area contributed by atoms with E-state index in [9.17, 15) is 9.90 Å². The number of halogens is 1. The summed E-state index contributed by atoms with van der Waals surface area (Å²) in [6.45, 7) is 0. The summed E-state index contributed by atoms with van der Waals surface area (Å²) < 4.78 is 0. The molecule has 2 N–H and O–H groups in total. The Labute approximate surface area is 112 Å². The molecule has 4 heteroatoms. The summed E-state index contributed by atoms with van der Waals surface area (Å²) >= 11 is 5.88. The van der Waals surface area contributed by atoms with Crippen molar-refractivity contribution < 1.29 is 9.90 Å². The normalized spacial score (nSPS) is 27.8. The average molecular weight is 268 g/mol. The molecule has 0 saturated heterocycles. The summed E-state index contributed by atoms with van der Waals surface area (Å²) in [5.74, 6) is -0.114. The molecule has 0 spiro atoms. The summed E-state index contributed by atoms with van der Waals surface area (Å²) in [6, 6.07) is 7.21. The van der Waals surface area contributed by atoms with Gasteiger partial charge in [0.25, 0.3) is 0 Å². The quantitative estimate of drug-likeness (QED) is 0.864. The molecule has 0 aliphatic heterocycles. The van der Waals surface area contributed by atoms with Crippen molar-refractivity contribution in [2.24, 2.45) is 0 Å². The highest BCUT2D eigenvalue weighted by Crippen LogP contribution is 2.40. The van der Waals surface area contributed by atoms with E-state index in [-0.39, 0.29) is 5.91 Å². The molecule has 98 valence electrons. The van der Waals surface area contributed by atoms with Gasteiger partial charge in [0.1, 0.15) is 0 Å². The Balaban J connectivity index is 2.47. The highest BCUT2D eigenvalue weighted by atomic mass is 35.5. The molecule has 0 unspecified atom stereocenters. The first-order valence-corrected chi connectivity index (χ1v) is 6.65. The van der Waals surface area contributed by atoms with Gasteiger partial charge < -0.3 is 10.4 Å². The van der Waals surface area contributed by atoms with Gasteiger partial charge in [0, 0.05) is 12.1 Å². The molecule has 1 saturated carbocycles. The Hall–Kier alpha value is -1.06. The Morgan fingerprint density at radius 3 is 2.61 bits per heavy atom. The molecule has 1 aliphatic rings. The van der Waals surface area contributed by atoms with E-state index in [1.165, 1.54) is 0 Å². The van der Waals surface area contributed by atoms with E-state index in [0.717, 1.165) is 18.4 Å². The number of carbonyl (C=O) groups excluding carboxylic acids is 1. The zero-order valence-corrected chi connectivity index (χ0v) is 11.2. The van der Waals surface area contributed by atoms with Gasteiger partial charge in [0.15, 0.2) is 0 Å². The number of rotatable bonds is 2. The highest BCUT2D eigenvalue weighted by Gasteiger charge is 2.47. The molecule has 3 nitrogen and oxygen atoms in total. The fraction of sp³-hybridized carbons (Fsp3) is 0.500. The summed E-state index contributed by atoms with van der Waals surface area (Å²) in [7, 11) is 1.61. The van der Waals surface area contributed by atoms with E-state index in [4.69, 9.17) is 11.6 Å². The third kappa shape index (κ3) is 2.13. The Morgan fingerprint density at radius 1 is 1.39 bits per heavy atom. The molecule has 1 amide bonds. The maximum absolute atomic E-state index is 12.3. The van der Waals surface area contributed by atoms with Gasteiger partial charge in [0.05, 0.1) is 11.5 Å². The van der Waals surface area contributed by atoms with E-state index in [1.807, 2.05) is 12.1 Å². The largest absolute Gasteiger partial charge is 0.392 e. The first-order chi connectivity index (χ1) is 8.61. The second-order valence-corrected chi connectivity index (χ2v) is 5.26. The van der Waals surface area contributed by atoms with Crippen LogP contribution in [0.15, 0.2) is 24.3 Å². The predicted octanol–water partition coefficient (Wildman–Crippen LogP) is 2.26. The van der Waals surface area contributed by atoms with Gasteiger partial charge in [-0.15, -0.1) is 0 Å². The van der Waals surface area contributed by atoms with Crippen LogP contribution in [0.5, 0.6) is 0 Å². The average Bonchev–Trinajstić information content (AvgIpc) is 2.40. The van der Waals surface area contributed by atoms with Crippen molar-refractivity contribution in [3.8, 4) is 0 Å². The van der Waals surface area contributed by atoms with Gasteiger partial charge >= 0.3 is 0 Å². The summed E-state index contributed by atoms with van der Waals surface area (Å²) in [4.78, 5) is 12.3. The zero-order valence-electron chi connectivity index (χ0n) is 10.4. The van der Waals surface area contributed by atoms with Crippen LogP contribution in [0.4, 0.5) is 0 Å². The van der Waals surface area contributed by atoms with Crippen molar-refractivity contribution >= 4 is 17.5 Å². The first-order valence-electron chi connectivity index (χ1n) is 6.27. The minimum atomic E-state index is -0.822. The lowest BCUT2D eigenvalue weighted by Crippen LogP contribution is -2.53. The number of amides is 1. The van der Waals surface area contributed by atoms with Crippen LogP contribution < -0.4 is 5.32 Å². The van der Waals surface area contributed by atoms with Crippen LogP contribution in [-0.2, 0) is 10.2 Å². The number of carbonyl (C=O) groups is 1. The Kier molecular flexibility index (Phi) is 3.93. The Morgan fingerprint density at radius 2 is 2.06 bits per heavy atom. The van der Waals surface area contributed by atoms with Gasteiger partial charge in [-0.3, -0.25) is 4.79 Å². The minimum Gasteiger partial charge on any atom is -0.392 e. The van der Waals surface area contributed by atoms with Crippen molar-refractivity contribution in [2.45, 2.75) is 37.2 Å². The van der Waals surface area contributed by atoms with Crippen molar-refractivity contribution in [1.82, 2.24) is 5.32 Å². The fourth-order valence-corrected chi connectivity index (χ4v) is 2.98. The zero-order chi connectivity index (χ0) is 13.2. The number of hydrogen-bond donors (Lipinski definition) is 2. The number of aliphatic hydroxyl groups excluding tert-OH is 1. The van der Waals surface area contributed by atoms with Gasteiger partial charge in [-0.2, -0.15) is 0 Å². The lowest BCUT2D eigenvalue weighted by Gasteiger charge is -2.40. The number of benzene rings is 1. The number of likely N-dealkylation sites (N-methyl/N-ethyl adjacent to an activating group) is 1. The van der Waals surface area contributed by atoms with Crippen molar-refractivity contribution in [3.05, 3.63) is 34.9 Å². The van der Waals surface area contributed by atoms with Crippen LogP contribution in [0.3, 0.4) is 0 Å². The van der Waals surface area contributed by atoms with Crippen molar-refractivity contribution in [2.75, 3.05) is 7.05 Å². The minimum absolute atomic E-state index is 0.114. The van der Waals surface area contributed by atoms with Crippen molar-refractivity contribution in [1.29, 1.82) is 0 Å². The van der Waals surface area contributed by atoms with E-state index in [2.05, 4.69) is 5.32 Å². The lowest BCUT2D eigenvalue weighted by molar-refractivity contribution is -0.132. The van der Waals surface area contributed by atoms with Crippen LogP contribution >= 0.6 is 11.6 Å². The molecular formula is C14H18ClNO2. The van der Waals surface area contributed by atoms with E-state index in [0.29, 0.717) is 17.9 Å². The summed E-state index contributed by atoms with van der Waals surface area (Å²) in [6.07, 6.45) is 2.62. The standard InChI is InChI=1S/C14H18ClNO2/c1-16-13(18)14(9-3-2-4-12(14)17)10-5-7-11(15)8-6-10/h5-8,12,17H,2-4,9H2,1H3,(H,16,18)/t12-,14+/m0/s1. The molecule has 2 rings (SSSR count). The molecule has 1 aromatic carbocycles. The topological polar surface area (TPSA) is 49.3 Å². The molecule has 0 heterocycles. The molecule has 18 heavy (non-hydrogen) atoms. The maximum Gasteiger partial charge on any atom is 0.233 e. The third-order valence-corrected chi connectivity index (χ3v) is 4.11. The first kappa shape index (κ1) is 13.4. The van der Waals surface area contributed by atoms with E-state index < -0.39 is 11.5 Å². The monoisotopic (exact) mass is 267 g/mol. The second kappa shape index (κ2) is 5.29. The summed E-state index contributed by atoms with van der Waals surface area (Å²) in [5, 5.41) is 13.7. The number of aliphatic hydroxyl groups is 1. The van der Waals surface area contributed by atoms with E-state index >= 15 is 0 Å². The SMILES string of the molecule is CNC(=O)[C@@]1(c2ccc(Cl)cc2)CCCC[C@@H]1O. The van der Waals surface area contributed by atoms with Crippen molar-refractivity contribution in [3.63, 3.8) is 0 Å². The van der Waals surface area contributed by atoms with Crippen LogP contribution in [0.1, 0.15) is 31.2 Å². The smallest absolute Gasteiger partial charge is 0.233 e. The predicted molar refractivity (Wildman–Crippen MR) is 71.7 cm³/mol. The molecule has 1 aromatic rings. The molecule has 0 aromatic heterocycles. The second-order valence-electron chi connectivity index (χ2n) is 4.82. The molecular weight excluding hydrogens is 250 g/mol. The van der Waals surface area contributed by atoms with Gasteiger partial charge in [0.2, 0.25) is 5.91 Å². The Bertz CT molecular complexity index is 432. The lowest BCUT2D eigenvalue weighted by atomic mass is 9.66. The molecule has 0 bridgehead atoms. The van der Waals surface area contributed by atoms with Gasteiger partial charge in [-0.05, 0) is 30.5 Å². The van der Waals surface area contributed by atoms with Crippen LogP contribution in [0.25, 0.3) is 0 Å². The van der Waals surface area contributed by atoms with Crippen LogP contribution in [0.2, 0.25) is 5.02 Å². The highest BCUT2D eigenvalue weighted by molar-refractivity contribution is 6.30.